The van der Waals surface area contributed by atoms with Crippen molar-refractivity contribution in [1.82, 2.24) is 14.3 Å². The van der Waals surface area contributed by atoms with Crippen LogP contribution in [-0.2, 0) is 10.2 Å². The van der Waals surface area contributed by atoms with Crippen LogP contribution in [0.1, 0.15) is 32.4 Å². The van der Waals surface area contributed by atoms with Crippen molar-refractivity contribution in [2.75, 3.05) is 32.1 Å². The van der Waals surface area contributed by atoms with Gasteiger partial charge in [0, 0.05) is 51.9 Å². The van der Waals surface area contributed by atoms with Crippen molar-refractivity contribution < 1.29 is 4.79 Å². The van der Waals surface area contributed by atoms with E-state index in [9.17, 15) is 4.79 Å². The number of anilines is 1. The summed E-state index contributed by atoms with van der Waals surface area (Å²) in [6, 6.07) is 4.12. The van der Waals surface area contributed by atoms with Crippen molar-refractivity contribution in [3.63, 3.8) is 0 Å². The number of fused-ring (bicyclic) bond motifs is 1. The van der Waals surface area contributed by atoms with Gasteiger partial charge in [0.2, 0.25) is 5.91 Å². The Kier molecular flexibility index (Phi) is 3.59. The van der Waals surface area contributed by atoms with Gasteiger partial charge < -0.3 is 14.2 Å². The average molecular weight is 300 g/mol. The van der Waals surface area contributed by atoms with Crippen LogP contribution >= 0.6 is 0 Å². The molecule has 1 saturated heterocycles. The van der Waals surface area contributed by atoms with Crippen LogP contribution in [0, 0.1) is 0 Å². The predicted octanol–water partition coefficient (Wildman–Crippen LogP) is 2.30. The first-order valence-electron chi connectivity index (χ1n) is 7.82. The Labute approximate surface area is 131 Å². The zero-order chi connectivity index (χ0) is 15.9. The largest absolute Gasteiger partial charge is 0.361 e. The lowest BCUT2D eigenvalue weighted by molar-refractivity contribution is -0.130. The number of rotatable bonds is 2. The molecule has 0 spiro atoms. The number of carbonyl (C=O) groups excluding carboxylic acids is 1. The molecule has 0 unspecified atom stereocenters. The van der Waals surface area contributed by atoms with Gasteiger partial charge in [-0.15, -0.1) is 0 Å². The Bertz CT molecular complexity index is 706. The van der Waals surface area contributed by atoms with Crippen molar-refractivity contribution in [2.45, 2.75) is 32.1 Å². The SMILES string of the molecule is CC(=O)N1CCC[C@@](C)(c2cn3cccc3c(N(C)C)n2)C1. The van der Waals surface area contributed by atoms with Gasteiger partial charge in [-0.2, -0.15) is 0 Å². The number of piperidine rings is 1. The molecule has 22 heavy (non-hydrogen) atoms. The normalized spacial score (nSPS) is 22.1. The fourth-order valence-electron chi connectivity index (χ4n) is 3.37. The minimum Gasteiger partial charge on any atom is -0.361 e. The van der Waals surface area contributed by atoms with Crippen LogP contribution in [0.4, 0.5) is 5.82 Å². The maximum atomic E-state index is 11.8. The van der Waals surface area contributed by atoms with Crippen LogP contribution in [0.25, 0.3) is 5.52 Å². The zero-order valence-corrected chi connectivity index (χ0v) is 13.8. The molecule has 1 amide bonds. The number of carbonyl (C=O) groups is 1. The molecule has 0 aromatic carbocycles. The van der Waals surface area contributed by atoms with Gasteiger partial charge in [-0.3, -0.25) is 4.79 Å². The second kappa shape index (κ2) is 5.30. The smallest absolute Gasteiger partial charge is 0.219 e. The Hall–Kier alpha value is -2.04. The minimum absolute atomic E-state index is 0.0901. The Morgan fingerprint density at radius 1 is 1.41 bits per heavy atom. The molecular formula is C17H24N4O. The third-order valence-electron chi connectivity index (χ3n) is 4.68. The van der Waals surface area contributed by atoms with E-state index >= 15 is 0 Å². The fourth-order valence-corrected chi connectivity index (χ4v) is 3.37. The van der Waals surface area contributed by atoms with Gasteiger partial charge in [0.05, 0.1) is 11.2 Å². The highest BCUT2D eigenvalue weighted by molar-refractivity contribution is 5.73. The van der Waals surface area contributed by atoms with E-state index < -0.39 is 0 Å². The van der Waals surface area contributed by atoms with Crippen molar-refractivity contribution in [2.24, 2.45) is 0 Å². The molecule has 3 heterocycles. The first kappa shape index (κ1) is 14.9. The van der Waals surface area contributed by atoms with Crippen LogP contribution in [-0.4, -0.2) is 47.4 Å². The summed E-state index contributed by atoms with van der Waals surface area (Å²) in [5.41, 5.74) is 2.08. The van der Waals surface area contributed by atoms with Crippen LogP contribution in [0.5, 0.6) is 0 Å². The summed E-state index contributed by atoms with van der Waals surface area (Å²) in [4.78, 5) is 20.7. The topological polar surface area (TPSA) is 40.9 Å². The van der Waals surface area contributed by atoms with E-state index in [1.165, 1.54) is 0 Å². The number of amides is 1. The van der Waals surface area contributed by atoms with Gasteiger partial charge in [-0.05, 0) is 25.0 Å². The predicted molar refractivity (Wildman–Crippen MR) is 88.4 cm³/mol. The molecule has 0 N–H and O–H groups in total. The molecule has 1 aliphatic heterocycles. The maximum absolute atomic E-state index is 11.8. The van der Waals surface area contributed by atoms with Crippen molar-refractivity contribution in [3.05, 3.63) is 30.2 Å². The summed E-state index contributed by atoms with van der Waals surface area (Å²) >= 11 is 0. The summed E-state index contributed by atoms with van der Waals surface area (Å²) in [6.45, 7) is 5.48. The Morgan fingerprint density at radius 2 is 2.18 bits per heavy atom. The van der Waals surface area contributed by atoms with E-state index in [0.29, 0.717) is 0 Å². The third kappa shape index (κ3) is 2.45. The minimum atomic E-state index is -0.0901. The quantitative estimate of drug-likeness (QED) is 0.854. The van der Waals surface area contributed by atoms with E-state index in [1.807, 2.05) is 30.0 Å². The molecule has 0 saturated carbocycles. The van der Waals surface area contributed by atoms with E-state index in [0.717, 1.165) is 43.0 Å². The number of aromatic nitrogens is 2. The second-order valence-corrected chi connectivity index (χ2v) is 6.75. The highest BCUT2D eigenvalue weighted by atomic mass is 16.2. The third-order valence-corrected chi connectivity index (χ3v) is 4.68. The Balaban J connectivity index is 2.06. The number of hydrogen-bond acceptors (Lipinski definition) is 3. The van der Waals surface area contributed by atoms with Gasteiger partial charge in [0.1, 0.15) is 0 Å². The summed E-state index contributed by atoms with van der Waals surface area (Å²) in [6.07, 6.45) is 6.26. The number of hydrogen-bond donors (Lipinski definition) is 0. The van der Waals surface area contributed by atoms with Crippen LogP contribution < -0.4 is 4.90 Å². The van der Waals surface area contributed by atoms with E-state index in [1.54, 1.807) is 6.92 Å². The molecule has 2 aromatic rings. The molecule has 2 aromatic heterocycles. The summed E-state index contributed by atoms with van der Waals surface area (Å²) in [7, 11) is 4.04. The molecule has 118 valence electrons. The lowest BCUT2D eigenvalue weighted by Gasteiger charge is -2.40. The molecule has 1 fully saturated rings. The number of likely N-dealkylation sites (tertiary alicyclic amines) is 1. The highest BCUT2D eigenvalue weighted by Crippen LogP contribution is 2.34. The molecular weight excluding hydrogens is 276 g/mol. The summed E-state index contributed by atoms with van der Waals surface area (Å²) in [5, 5.41) is 0. The number of nitrogens with zero attached hydrogens (tertiary/aromatic N) is 4. The van der Waals surface area contributed by atoms with Gasteiger partial charge >= 0.3 is 0 Å². The van der Waals surface area contributed by atoms with Gasteiger partial charge in [-0.25, -0.2) is 4.98 Å². The monoisotopic (exact) mass is 300 g/mol. The van der Waals surface area contributed by atoms with Gasteiger partial charge in [0.25, 0.3) is 0 Å². The molecule has 3 rings (SSSR count). The van der Waals surface area contributed by atoms with Crippen molar-refractivity contribution in [3.8, 4) is 0 Å². The zero-order valence-electron chi connectivity index (χ0n) is 13.8. The molecule has 5 nitrogen and oxygen atoms in total. The van der Waals surface area contributed by atoms with Crippen molar-refractivity contribution >= 4 is 17.2 Å². The van der Waals surface area contributed by atoms with Gasteiger partial charge in [0.15, 0.2) is 5.82 Å². The summed E-state index contributed by atoms with van der Waals surface area (Å²) < 4.78 is 2.13. The maximum Gasteiger partial charge on any atom is 0.219 e. The molecule has 0 aliphatic carbocycles. The van der Waals surface area contributed by atoms with Crippen molar-refractivity contribution in [1.29, 1.82) is 0 Å². The lowest BCUT2D eigenvalue weighted by Crippen LogP contribution is -2.46. The van der Waals surface area contributed by atoms with E-state index in [2.05, 4.69) is 29.8 Å². The van der Waals surface area contributed by atoms with E-state index in [4.69, 9.17) is 4.98 Å². The van der Waals surface area contributed by atoms with Gasteiger partial charge in [-0.1, -0.05) is 6.92 Å². The first-order chi connectivity index (χ1) is 10.4. The molecule has 1 atom stereocenters. The molecule has 1 aliphatic rings. The van der Waals surface area contributed by atoms with E-state index in [-0.39, 0.29) is 11.3 Å². The first-order valence-corrected chi connectivity index (χ1v) is 7.82. The molecule has 0 bridgehead atoms. The molecule has 0 radical (unpaired) electrons. The average Bonchev–Trinajstić information content (AvgIpc) is 2.94. The van der Waals surface area contributed by atoms with Crippen LogP contribution in [0.2, 0.25) is 0 Å². The second-order valence-electron chi connectivity index (χ2n) is 6.75. The highest BCUT2D eigenvalue weighted by Gasteiger charge is 2.35. The lowest BCUT2D eigenvalue weighted by atomic mass is 9.79. The fraction of sp³-hybridized carbons (Fsp3) is 0.529. The molecule has 5 heteroatoms. The van der Waals surface area contributed by atoms with Crippen LogP contribution in [0.3, 0.4) is 0 Å². The standard InChI is InChI=1S/C17H24N4O/c1-13(22)21-10-6-8-17(2,12-21)15-11-20-9-5-7-14(20)16(18-15)19(3)4/h5,7,9,11H,6,8,10,12H2,1-4H3/t17-/m1/s1. The summed E-state index contributed by atoms with van der Waals surface area (Å²) in [5.74, 6) is 1.13. The van der Waals surface area contributed by atoms with Crippen LogP contribution in [0.15, 0.2) is 24.5 Å². The Morgan fingerprint density at radius 3 is 2.86 bits per heavy atom.